The zero-order valence-electron chi connectivity index (χ0n) is 12.5. The highest BCUT2D eigenvalue weighted by atomic mass is 32.2. The minimum absolute atomic E-state index is 0.191. The van der Waals surface area contributed by atoms with Crippen LogP contribution < -0.4 is 5.32 Å². The van der Waals surface area contributed by atoms with Gasteiger partial charge in [0.1, 0.15) is 0 Å². The second kappa shape index (κ2) is 5.70. The first-order valence-corrected chi connectivity index (χ1v) is 9.29. The van der Waals surface area contributed by atoms with Gasteiger partial charge in [0.15, 0.2) is 9.84 Å². The predicted octanol–water partition coefficient (Wildman–Crippen LogP) is 1.42. The summed E-state index contributed by atoms with van der Waals surface area (Å²) in [5.74, 6) is 0.709. The Morgan fingerprint density at radius 1 is 1.00 bits per heavy atom. The number of sulfone groups is 1. The molecule has 0 radical (unpaired) electrons. The maximum Gasteiger partial charge on any atom is 0.152 e. The Morgan fingerprint density at radius 2 is 1.53 bits per heavy atom. The SMILES string of the molecule is CC(C)(C)NC1CCC(N2CCS(=O)(=O)CC2)CC1. The van der Waals surface area contributed by atoms with Crippen molar-refractivity contribution in [2.45, 2.75) is 64.1 Å². The van der Waals surface area contributed by atoms with E-state index < -0.39 is 9.84 Å². The van der Waals surface area contributed by atoms with Crippen LogP contribution in [0.2, 0.25) is 0 Å². The van der Waals surface area contributed by atoms with Crippen molar-refractivity contribution in [3.05, 3.63) is 0 Å². The second-order valence-electron chi connectivity index (χ2n) is 7.09. The summed E-state index contributed by atoms with van der Waals surface area (Å²) in [4.78, 5) is 2.40. The van der Waals surface area contributed by atoms with Crippen LogP contribution in [0.1, 0.15) is 46.5 Å². The van der Waals surface area contributed by atoms with Gasteiger partial charge >= 0.3 is 0 Å². The number of nitrogens with zero attached hydrogens (tertiary/aromatic N) is 1. The molecule has 0 atom stereocenters. The largest absolute Gasteiger partial charge is 0.309 e. The molecule has 1 saturated carbocycles. The van der Waals surface area contributed by atoms with Crippen LogP contribution in [-0.4, -0.2) is 55.5 Å². The lowest BCUT2D eigenvalue weighted by atomic mass is 9.88. The van der Waals surface area contributed by atoms with Gasteiger partial charge in [-0.3, -0.25) is 4.90 Å². The van der Waals surface area contributed by atoms with Crippen LogP contribution >= 0.6 is 0 Å². The molecule has 0 aromatic carbocycles. The minimum Gasteiger partial charge on any atom is -0.309 e. The Kier molecular flexibility index (Phi) is 4.58. The summed E-state index contributed by atoms with van der Waals surface area (Å²) in [6.07, 6.45) is 4.83. The van der Waals surface area contributed by atoms with E-state index in [9.17, 15) is 8.42 Å². The van der Waals surface area contributed by atoms with Gasteiger partial charge in [0.25, 0.3) is 0 Å². The molecule has 0 unspecified atom stereocenters. The molecule has 112 valence electrons. The molecule has 1 N–H and O–H groups in total. The standard InChI is InChI=1S/C14H28N2O2S/c1-14(2,3)15-12-4-6-13(7-5-12)16-8-10-19(17,18)11-9-16/h12-13,15H,4-11H2,1-3H3. The molecular weight excluding hydrogens is 260 g/mol. The summed E-state index contributed by atoms with van der Waals surface area (Å²) in [6.45, 7) is 8.13. The zero-order chi connectivity index (χ0) is 14.1. The third-order valence-electron chi connectivity index (χ3n) is 4.23. The van der Waals surface area contributed by atoms with Crippen molar-refractivity contribution in [1.29, 1.82) is 0 Å². The zero-order valence-corrected chi connectivity index (χ0v) is 13.3. The highest BCUT2D eigenvalue weighted by Gasteiger charge is 2.31. The second-order valence-corrected chi connectivity index (χ2v) is 9.39. The molecule has 0 amide bonds. The molecule has 5 heteroatoms. The summed E-state index contributed by atoms with van der Waals surface area (Å²) < 4.78 is 22.9. The van der Waals surface area contributed by atoms with Crippen LogP contribution in [0, 0.1) is 0 Å². The molecule has 4 nitrogen and oxygen atoms in total. The van der Waals surface area contributed by atoms with Crippen molar-refractivity contribution in [3.63, 3.8) is 0 Å². The van der Waals surface area contributed by atoms with Gasteiger partial charge in [0.05, 0.1) is 11.5 Å². The number of hydrogen-bond donors (Lipinski definition) is 1. The van der Waals surface area contributed by atoms with Gasteiger partial charge in [-0.2, -0.15) is 0 Å². The van der Waals surface area contributed by atoms with Crippen LogP contribution in [-0.2, 0) is 9.84 Å². The van der Waals surface area contributed by atoms with Gasteiger partial charge in [-0.25, -0.2) is 8.42 Å². The van der Waals surface area contributed by atoms with E-state index in [1.807, 2.05) is 0 Å². The van der Waals surface area contributed by atoms with Crippen LogP contribution in [0.4, 0.5) is 0 Å². The Labute approximate surface area is 117 Å². The molecule has 0 aromatic rings. The third-order valence-corrected chi connectivity index (χ3v) is 5.84. The fourth-order valence-corrected chi connectivity index (χ4v) is 4.52. The van der Waals surface area contributed by atoms with Gasteiger partial charge < -0.3 is 5.32 Å². The normalized spacial score (nSPS) is 33.2. The number of nitrogens with one attached hydrogen (secondary N) is 1. The van der Waals surface area contributed by atoms with E-state index in [2.05, 4.69) is 31.0 Å². The van der Waals surface area contributed by atoms with Gasteiger partial charge in [0.2, 0.25) is 0 Å². The molecule has 0 bridgehead atoms. The van der Waals surface area contributed by atoms with E-state index in [1.165, 1.54) is 25.7 Å². The predicted molar refractivity (Wildman–Crippen MR) is 79.2 cm³/mol. The van der Waals surface area contributed by atoms with Crippen molar-refractivity contribution in [1.82, 2.24) is 10.2 Å². The molecule has 0 spiro atoms. The fraction of sp³-hybridized carbons (Fsp3) is 1.00. The Bertz CT molecular complexity index is 378. The molecule has 1 saturated heterocycles. The average molecular weight is 288 g/mol. The first kappa shape index (κ1) is 15.3. The van der Waals surface area contributed by atoms with Crippen molar-refractivity contribution in [3.8, 4) is 0 Å². The van der Waals surface area contributed by atoms with Gasteiger partial charge in [-0.15, -0.1) is 0 Å². The highest BCUT2D eigenvalue weighted by Crippen LogP contribution is 2.25. The van der Waals surface area contributed by atoms with Crippen LogP contribution in [0.5, 0.6) is 0 Å². The molecule has 2 aliphatic rings. The molecule has 2 rings (SSSR count). The fourth-order valence-electron chi connectivity index (χ4n) is 3.29. The van der Waals surface area contributed by atoms with Gasteiger partial charge in [0, 0.05) is 30.7 Å². The van der Waals surface area contributed by atoms with Gasteiger partial charge in [-0.05, 0) is 46.5 Å². The smallest absolute Gasteiger partial charge is 0.152 e. The maximum absolute atomic E-state index is 11.5. The molecule has 0 aromatic heterocycles. The van der Waals surface area contributed by atoms with E-state index in [-0.39, 0.29) is 5.54 Å². The molecule has 1 aliphatic heterocycles. The summed E-state index contributed by atoms with van der Waals surface area (Å²) in [5.41, 5.74) is 0.191. The molecule has 1 heterocycles. The minimum atomic E-state index is -2.74. The Hall–Kier alpha value is -0.130. The molecular formula is C14H28N2O2S. The lowest BCUT2D eigenvalue weighted by Crippen LogP contribution is -2.51. The van der Waals surface area contributed by atoms with Gasteiger partial charge in [-0.1, -0.05) is 0 Å². The van der Waals surface area contributed by atoms with Crippen molar-refractivity contribution >= 4 is 9.84 Å². The first-order chi connectivity index (χ1) is 8.75. The Morgan fingerprint density at radius 3 is 2.00 bits per heavy atom. The lowest BCUT2D eigenvalue weighted by molar-refractivity contribution is 0.146. The topological polar surface area (TPSA) is 49.4 Å². The summed E-state index contributed by atoms with van der Waals surface area (Å²) in [6, 6.07) is 1.23. The van der Waals surface area contributed by atoms with E-state index in [1.54, 1.807) is 0 Å². The highest BCUT2D eigenvalue weighted by molar-refractivity contribution is 7.91. The van der Waals surface area contributed by atoms with E-state index in [0.29, 0.717) is 23.6 Å². The van der Waals surface area contributed by atoms with Crippen molar-refractivity contribution < 1.29 is 8.42 Å². The molecule has 1 aliphatic carbocycles. The Balaban J connectivity index is 1.78. The number of hydrogen-bond acceptors (Lipinski definition) is 4. The molecule has 2 fully saturated rings. The third kappa shape index (κ3) is 4.72. The summed E-state index contributed by atoms with van der Waals surface area (Å²) >= 11 is 0. The monoisotopic (exact) mass is 288 g/mol. The van der Waals surface area contributed by atoms with Crippen LogP contribution in [0.25, 0.3) is 0 Å². The quantitative estimate of drug-likeness (QED) is 0.835. The van der Waals surface area contributed by atoms with Crippen LogP contribution in [0.15, 0.2) is 0 Å². The van der Waals surface area contributed by atoms with Crippen molar-refractivity contribution in [2.24, 2.45) is 0 Å². The number of rotatable bonds is 2. The average Bonchev–Trinajstić information content (AvgIpc) is 2.28. The van der Waals surface area contributed by atoms with E-state index in [4.69, 9.17) is 0 Å². The first-order valence-electron chi connectivity index (χ1n) is 7.47. The lowest BCUT2D eigenvalue weighted by Gasteiger charge is -2.40. The van der Waals surface area contributed by atoms with E-state index in [0.717, 1.165) is 13.1 Å². The summed E-state index contributed by atoms with van der Waals surface area (Å²) in [5, 5.41) is 3.68. The van der Waals surface area contributed by atoms with Crippen molar-refractivity contribution in [2.75, 3.05) is 24.6 Å². The van der Waals surface area contributed by atoms with Crippen LogP contribution in [0.3, 0.4) is 0 Å². The van der Waals surface area contributed by atoms with E-state index >= 15 is 0 Å². The summed E-state index contributed by atoms with van der Waals surface area (Å²) in [7, 11) is -2.74. The maximum atomic E-state index is 11.5. The molecule has 19 heavy (non-hydrogen) atoms.